The summed E-state index contributed by atoms with van der Waals surface area (Å²) in [6.45, 7) is 4.52. The monoisotopic (exact) mass is 586 g/mol. The van der Waals surface area contributed by atoms with Gasteiger partial charge in [0.05, 0.1) is 42.6 Å². The van der Waals surface area contributed by atoms with Crippen LogP contribution in [-0.4, -0.2) is 36.2 Å². The summed E-state index contributed by atoms with van der Waals surface area (Å²) in [7, 11) is 1.61. The number of aromatic nitrogens is 1. The molecule has 8 nitrogen and oxygen atoms in total. The topological polar surface area (TPSA) is 102 Å². The SMILES string of the molecule is CCCOc1ccc(-c2cc(C(=O)NN=C(C)c3cccc(NC(=O)Cc4ccc(OC)cc4)c3)c3ccccc3n2)cc1. The molecule has 0 fully saturated rings. The zero-order valence-corrected chi connectivity index (χ0v) is 25.0. The van der Waals surface area contributed by atoms with E-state index < -0.39 is 0 Å². The lowest BCUT2D eigenvalue weighted by molar-refractivity contribution is -0.115. The van der Waals surface area contributed by atoms with Gasteiger partial charge in [0.15, 0.2) is 0 Å². The smallest absolute Gasteiger partial charge is 0.272 e. The lowest BCUT2D eigenvalue weighted by atomic mass is 10.0. The molecule has 0 saturated heterocycles. The number of hydrazone groups is 1. The van der Waals surface area contributed by atoms with Crippen molar-refractivity contribution in [2.24, 2.45) is 5.10 Å². The van der Waals surface area contributed by atoms with Crippen molar-refractivity contribution in [1.29, 1.82) is 0 Å². The van der Waals surface area contributed by atoms with Crippen LogP contribution < -0.4 is 20.2 Å². The number of nitrogens with one attached hydrogen (secondary N) is 2. The van der Waals surface area contributed by atoms with Crippen molar-refractivity contribution in [3.05, 3.63) is 120 Å². The van der Waals surface area contributed by atoms with Gasteiger partial charge in [-0.25, -0.2) is 10.4 Å². The number of ether oxygens (including phenoxy) is 2. The van der Waals surface area contributed by atoms with Crippen molar-refractivity contribution in [1.82, 2.24) is 10.4 Å². The number of benzene rings is 4. The van der Waals surface area contributed by atoms with E-state index in [4.69, 9.17) is 14.5 Å². The molecule has 0 aliphatic carbocycles. The van der Waals surface area contributed by atoms with E-state index in [0.717, 1.165) is 40.0 Å². The first kappa shape index (κ1) is 30.0. The largest absolute Gasteiger partial charge is 0.497 e. The van der Waals surface area contributed by atoms with Crippen LogP contribution in [-0.2, 0) is 11.2 Å². The molecule has 1 aromatic heterocycles. The highest BCUT2D eigenvalue weighted by Gasteiger charge is 2.14. The Labute approximate surface area is 256 Å². The molecular formula is C36H34N4O4. The van der Waals surface area contributed by atoms with Crippen LogP contribution in [0.5, 0.6) is 11.5 Å². The number of pyridine rings is 1. The average Bonchev–Trinajstić information content (AvgIpc) is 3.06. The van der Waals surface area contributed by atoms with Crippen molar-refractivity contribution in [3.63, 3.8) is 0 Å². The second-order valence-electron chi connectivity index (χ2n) is 10.2. The van der Waals surface area contributed by atoms with E-state index in [-0.39, 0.29) is 18.2 Å². The molecule has 2 amide bonds. The molecule has 222 valence electrons. The molecule has 0 spiro atoms. The van der Waals surface area contributed by atoms with E-state index in [0.29, 0.717) is 34.8 Å². The molecule has 0 saturated carbocycles. The van der Waals surface area contributed by atoms with Gasteiger partial charge in [-0.1, -0.05) is 49.4 Å². The van der Waals surface area contributed by atoms with E-state index in [1.165, 1.54) is 0 Å². The maximum atomic E-state index is 13.4. The number of anilines is 1. The molecule has 8 heteroatoms. The first-order valence-corrected chi connectivity index (χ1v) is 14.4. The molecule has 0 bridgehead atoms. The van der Waals surface area contributed by atoms with E-state index in [9.17, 15) is 9.59 Å². The number of amides is 2. The number of hydrogen-bond donors (Lipinski definition) is 2. The molecule has 0 atom stereocenters. The Morgan fingerprint density at radius 2 is 1.61 bits per heavy atom. The third-order valence-corrected chi connectivity index (χ3v) is 7.00. The standard InChI is InChI=1S/C36H34N4O4/c1-4-20-44-30-18-14-26(15-19-30)34-23-32(31-10-5-6-11-33(31)38-34)36(42)40-39-24(2)27-8-7-9-28(22-27)37-35(41)21-25-12-16-29(43-3)17-13-25/h5-19,22-23H,4,20-21H2,1-3H3,(H,37,41)(H,40,42). The lowest BCUT2D eigenvalue weighted by Crippen LogP contribution is -2.20. The number of rotatable bonds is 11. The summed E-state index contributed by atoms with van der Waals surface area (Å²) in [5.74, 6) is 1.04. The molecule has 0 unspecified atom stereocenters. The molecule has 2 N–H and O–H groups in total. The maximum Gasteiger partial charge on any atom is 0.272 e. The van der Waals surface area contributed by atoms with E-state index >= 15 is 0 Å². The molecule has 5 aromatic rings. The minimum Gasteiger partial charge on any atom is -0.497 e. The fourth-order valence-corrected chi connectivity index (χ4v) is 4.67. The highest BCUT2D eigenvalue weighted by Crippen LogP contribution is 2.26. The Morgan fingerprint density at radius 1 is 0.864 bits per heavy atom. The van der Waals surface area contributed by atoms with E-state index in [2.05, 4.69) is 22.8 Å². The second-order valence-corrected chi connectivity index (χ2v) is 10.2. The van der Waals surface area contributed by atoms with E-state index in [1.54, 1.807) is 20.1 Å². The van der Waals surface area contributed by atoms with Crippen molar-refractivity contribution >= 4 is 34.1 Å². The van der Waals surface area contributed by atoms with Crippen LogP contribution in [0.4, 0.5) is 5.69 Å². The Bertz CT molecular complexity index is 1800. The summed E-state index contributed by atoms with van der Waals surface area (Å²) in [4.78, 5) is 30.9. The Balaban J connectivity index is 1.30. The van der Waals surface area contributed by atoms with Crippen LogP contribution >= 0.6 is 0 Å². The maximum absolute atomic E-state index is 13.4. The second kappa shape index (κ2) is 14.1. The zero-order chi connectivity index (χ0) is 30.9. The predicted molar refractivity (Wildman–Crippen MR) is 174 cm³/mol. The number of methoxy groups -OCH3 is 1. The zero-order valence-electron chi connectivity index (χ0n) is 25.0. The summed E-state index contributed by atoms with van der Waals surface area (Å²) in [5, 5.41) is 8.04. The number of para-hydroxylation sites is 1. The van der Waals surface area contributed by atoms with Crippen LogP contribution in [0.25, 0.3) is 22.2 Å². The minimum absolute atomic E-state index is 0.140. The molecule has 0 aliphatic rings. The Hall–Kier alpha value is -5.50. The van der Waals surface area contributed by atoms with Gasteiger partial charge in [0, 0.05) is 16.6 Å². The number of hydrogen-bond acceptors (Lipinski definition) is 6. The first-order chi connectivity index (χ1) is 21.4. The summed E-state index contributed by atoms with van der Waals surface area (Å²) >= 11 is 0. The number of carbonyl (C=O) groups excluding carboxylic acids is 2. The highest BCUT2D eigenvalue weighted by molar-refractivity contribution is 6.08. The average molecular weight is 587 g/mol. The van der Waals surface area contributed by atoms with Gasteiger partial charge >= 0.3 is 0 Å². The first-order valence-electron chi connectivity index (χ1n) is 14.4. The Morgan fingerprint density at radius 3 is 2.36 bits per heavy atom. The summed E-state index contributed by atoms with van der Waals surface area (Å²) < 4.78 is 10.9. The van der Waals surface area contributed by atoms with Crippen LogP contribution in [0.1, 0.15) is 41.8 Å². The highest BCUT2D eigenvalue weighted by atomic mass is 16.5. The molecule has 44 heavy (non-hydrogen) atoms. The van der Waals surface area contributed by atoms with Gasteiger partial charge in [0.2, 0.25) is 5.91 Å². The van der Waals surface area contributed by atoms with Gasteiger partial charge in [-0.2, -0.15) is 5.10 Å². The number of nitrogens with zero attached hydrogens (tertiary/aromatic N) is 2. The lowest BCUT2D eigenvalue weighted by Gasteiger charge is -2.11. The molecule has 1 heterocycles. The number of fused-ring (bicyclic) bond motifs is 1. The third-order valence-electron chi connectivity index (χ3n) is 7.00. The Kier molecular flexibility index (Phi) is 9.61. The molecule has 4 aromatic carbocycles. The fraction of sp³-hybridized carbons (Fsp3) is 0.167. The molecular weight excluding hydrogens is 552 g/mol. The van der Waals surface area contributed by atoms with Crippen molar-refractivity contribution in [3.8, 4) is 22.8 Å². The van der Waals surface area contributed by atoms with Crippen LogP contribution in [0.3, 0.4) is 0 Å². The quantitative estimate of drug-likeness (QED) is 0.128. The summed E-state index contributed by atoms with van der Waals surface area (Å²) in [6, 6.07) is 31.7. The van der Waals surface area contributed by atoms with Gasteiger partial charge in [-0.15, -0.1) is 0 Å². The summed E-state index contributed by atoms with van der Waals surface area (Å²) in [5.41, 5.74) is 8.30. The van der Waals surface area contributed by atoms with Gasteiger partial charge in [-0.3, -0.25) is 9.59 Å². The van der Waals surface area contributed by atoms with Gasteiger partial charge < -0.3 is 14.8 Å². The fourth-order valence-electron chi connectivity index (χ4n) is 4.67. The molecule has 5 rings (SSSR count). The van der Waals surface area contributed by atoms with Crippen LogP contribution in [0.15, 0.2) is 108 Å². The van der Waals surface area contributed by atoms with Crippen molar-refractivity contribution in [2.45, 2.75) is 26.7 Å². The summed E-state index contributed by atoms with van der Waals surface area (Å²) in [6.07, 6.45) is 1.16. The van der Waals surface area contributed by atoms with Crippen LogP contribution in [0, 0.1) is 0 Å². The third kappa shape index (κ3) is 7.46. The van der Waals surface area contributed by atoms with Gasteiger partial charge in [0.25, 0.3) is 5.91 Å². The van der Waals surface area contributed by atoms with E-state index in [1.807, 2.05) is 97.1 Å². The van der Waals surface area contributed by atoms with Gasteiger partial charge in [-0.05, 0) is 85.1 Å². The van der Waals surface area contributed by atoms with Gasteiger partial charge in [0.1, 0.15) is 11.5 Å². The normalized spacial score (nSPS) is 11.2. The van der Waals surface area contributed by atoms with Crippen LogP contribution in [0.2, 0.25) is 0 Å². The number of carbonyl (C=O) groups is 2. The predicted octanol–water partition coefficient (Wildman–Crippen LogP) is 7.03. The van der Waals surface area contributed by atoms with Crippen molar-refractivity contribution in [2.75, 3.05) is 19.0 Å². The molecule has 0 aliphatic heterocycles. The van der Waals surface area contributed by atoms with Crippen molar-refractivity contribution < 1.29 is 19.1 Å². The minimum atomic E-state index is -0.351. The molecule has 0 radical (unpaired) electrons.